The van der Waals surface area contributed by atoms with Crippen molar-refractivity contribution in [1.29, 1.82) is 0 Å². The summed E-state index contributed by atoms with van der Waals surface area (Å²) < 4.78 is 12.8. The summed E-state index contributed by atoms with van der Waals surface area (Å²) in [4.78, 5) is 27.5. The Labute approximate surface area is 124 Å². The number of carbonyl (C=O) groups excluding carboxylic acids is 2. The fourth-order valence-electron chi connectivity index (χ4n) is 1.48. The lowest BCUT2D eigenvalue weighted by atomic mass is 10.2. The third-order valence-corrected chi connectivity index (χ3v) is 3.25. The molecule has 110 valence electrons. The molecule has 0 spiro atoms. The number of hydrogen-bond donors (Lipinski definition) is 3. The zero-order valence-corrected chi connectivity index (χ0v) is 11.7. The van der Waals surface area contributed by atoms with Crippen molar-refractivity contribution in [3.05, 3.63) is 46.7 Å². The van der Waals surface area contributed by atoms with Gasteiger partial charge in [-0.25, -0.2) is 9.37 Å². The summed E-state index contributed by atoms with van der Waals surface area (Å²) in [6.45, 7) is 0.692. The van der Waals surface area contributed by atoms with Gasteiger partial charge in [-0.1, -0.05) is 0 Å². The minimum Gasteiger partial charge on any atom is -0.349 e. The van der Waals surface area contributed by atoms with Crippen molar-refractivity contribution in [2.24, 2.45) is 5.73 Å². The minimum absolute atomic E-state index is 0.211. The van der Waals surface area contributed by atoms with Gasteiger partial charge in [0.2, 0.25) is 0 Å². The number of thiazole rings is 1. The molecular formula is C13H13FN4O2S. The zero-order valence-electron chi connectivity index (χ0n) is 10.9. The summed E-state index contributed by atoms with van der Waals surface area (Å²) in [5.74, 6) is -1.18. The molecule has 2 rings (SSSR count). The highest BCUT2D eigenvalue weighted by Gasteiger charge is 2.12. The molecular weight excluding hydrogens is 295 g/mol. The maximum atomic E-state index is 12.8. The van der Waals surface area contributed by atoms with Crippen LogP contribution in [-0.4, -0.2) is 29.9 Å². The van der Waals surface area contributed by atoms with E-state index in [4.69, 9.17) is 5.73 Å². The molecule has 1 heterocycles. The largest absolute Gasteiger partial charge is 0.349 e. The Kier molecular flexibility index (Phi) is 4.96. The Bertz CT molecular complexity index is 642. The number of nitrogens with zero attached hydrogens (tertiary/aromatic N) is 1. The van der Waals surface area contributed by atoms with Crippen molar-refractivity contribution in [2.75, 3.05) is 18.4 Å². The summed E-state index contributed by atoms with van der Waals surface area (Å²) in [6.07, 6.45) is 0. The van der Waals surface area contributed by atoms with Gasteiger partial charge in [-0.3, -0.25) is 14.9 Å². The second-order valence-electron chi connectivity index (χ2n) is 4.04. The van der Waals surface area contributed by atoms with E-state index in [0.717, 1.165) is 11.3 Å². The van der Waals surface area contributed by atoms with Crippen molar-refractivity contribution >= 4 is 28.3 Å². The molecule has 0 fully saturated rings. The number of hydrogen-bond acceptors (Lipinski definition) is 5. The van der Waals surface area contributed by atoms with Gasteiger partial charge in [0.15, 0.2) is 5.13 Å². The fraction of sp³-hybridized carbons (Fsp3) is 0.154. The molecule has 21 heavy (non-hydrogen) atoms. The van der Waals surface area contributed by atoms with Crippen LogP contribution in [0.4, 0.5) is 9.52 Å². The molecule has 0 bridgehead atoms. The standard InChI is InChI=1S/C13H13FN4O2S/c14-9-3-1-8(2-4-9)11(19)18-13-17-10(7-21-13)12(20)16-6-5-15/h1-4,7H,5-6,15H2,(H,16,20)(H,17,18,19). The summed E-state index contributed by atoms with van der Waals surface area (Å²) in [7, 11) is 0. The average Bonchev–Trinajstić information content (AvgIpc) is 2.94. The number of halogens is 1. The van der Waals surface area contributed by atoms with E-state index in [1.54, 1.807) is 0 Å². The smallest absolute Gasteiger partial charge is 0.270 e. The van der Waals surface area contributed by atoms with E-state index in [1.807, 2.05) is 0 Å². The molecule has 0 radical (unpaired) electrons. The fourth-order valence-corrected chi connectivity index (χ4v) is 2.17. The monoisotopic (exact) mass is 308 g/mol. The highest BCUT2D eigenvalue weighted by molar-refractivity contribution is 7.14. The topological polar surface area (TPSA) is 97.1 Å². The van der Waals surface area contributed by atoms with Crippen LogP contribution >= 0.6 is 11.3 Å². The Hall–Kier alpha value is -2.32. The van der Waals surface area contributed by atoms with Gasteiger partial charge < -0.3 is 11.1 Å². The van der Waals surface area contributed by atoms with Crippen LogP contribution < -0.4 is 16.4 Å². The molecule has 0 saturated heterocycles. The molecule has 2 amide bonds. The molecule has 0 unspecified atom stereocenters. The second kappa shape index (κ2) is 6.91. The van der Waals surface area contributed by atoms with Gasteiger partial charge in [0.05, 0.1) is 0 Å². The summed E-state index contributed by atoms with van der Waals surface area (Å²) in [5, 5.41) is 6.96. The third-order valence-electron chi connectivity index (χ3n) is 2.49. The van der Waals surface area contributed by atoms with Crippen LogP contribution in [0.3, 0.4) is 0 Å². The van der Waals surface area contributed by atoms with Crippen molar-refractivity contribution in [3.63, 3.8) is 0 Å². The first-order valence-corrected chi connectivity index (χ1v) is 6.99. The van der Waals surface area contributed by atoms with Gasteiger partial charge in [-0.05, 0) is 24.3 Å². The lowest BCUT2D eigenvalue weighted by molar-refractivity contribution is 0.0949. The number of nitrogens with two attached hydrogens (primary N) is 1. The quantitative estimate of drug-likeness (QED) is 0.773. The highest BCUT2D eigenvalue weighted by Crippen LogP contribution is 2.16. The Morgan fingerprint density at radius 2 is 1.95 bits per heavy atom. The SMILES string of the molecule is NCCNC(=O)c1csc(NC(=O)c2ccc(F)cc2)n1. The Morgan fingerprint density at radius 3 is 2.62 bits per heavy atom. The Balaban J connectivity index is 2.00. The summed E-state index contributed by atoms with van der Waals surface area (Å²) >= 11 is 1.13. The number of benzene rings is 1. The summed E-state index contributed by atoms with van der Waals surface area (Å²) in [6, 6.07) is 5.13. The predicted octanol–water partition coefficient (Wildman–Crippen LogP) is 1.22. The van der Waals surface area contributed by atoms with Gasteiger partial charge >= 0.3 is 0 Å². The van der Waals surface area contributed by atoms with E-state index in [9.17, 15) is 14.0 Å². The average molecular weight is 308 g/mol. The minimum atomic E-state index is -0.418. The van der Waals surface area contributed by atoms with Gasteiger partial charge in [0.1, 0.15) is 11.5 Å². The number of anilines is 1. The number of rotatable bonds is 5. The first-order valence-electron chi connectivity index (χ1n) is 6.11. The van der Waals surface area contributed by atoms with E-state index in [2.05, 4.69) is 15.6 Å². The van der Waals surface area contributed by atoms with Crippen molar-refractivity contribution < 1.29 is 14.0 Å². The molecule has 0 aliphatic heterocycles. The molecule has 8 heteroatoms. The first kappa shape index (κ1) is 15.1. The normalized spacial score (nSPS) is 10.2. The first-order chi connectivity index (χ1) is 10.1. The molecule has 0 atom stereocenters. The van der Waals surface area contributed by atoms with Crippen LogP contribution in [0.15, 0.2) is 29.6 Å². The van der Waals surface area contributed by atoms with E-state index >= 15 is 0 Å². The number of carbonyl (C=O) groups is 2. The van der Waals surface area contributed by atoms with Crippen LogP contribution in [0, 0.1) is 5.82 Å². The second-order valence-corrected chi connectivity index (χ2v) is 4.90. The van der Waals surface area contributed by atoms with E-state index < -0.39 is 11.7 Å². The molecule has 2 aromatic rings. The van der Waals surface area contributed by atoms with Crippen LogP contribution in [-0.2, 0) is 0 Å². The van der Waals surface area contributed by atoms with Crippen LogP contribution in [0.5, 0.6) is 0 Å². The Morgan fingerprint density at radius 1 is 1.24 bits per heavy atom. The molecule has 4 N–H and O–H groups in total. The molecule has 6 nitrogen and oxygen atoms in total. The highest BCUT2D eigenvalue weighted by atomic mass is 32.1. The molecule has 0 aliphatic carbocycles. The van der Waals surface area contributed by atoms with Gasteiger partial charge in [0, 0.05) is 24.0 Å². The molecule has 1 aromatic carbocycles. The third kappa shape index (κ3) is 4.07. The van der Waals surface area contributed by atoms with Gasteiger partial charge in [0.25, 0.3) is 11.8 Å². The summed E-state index contributed by atoms with van der Waals surface area (Å²) in [5.41, 5.74) is 5.80. The molecule has 0 aliphatic rings. The van der Waals surface area contributed by atoms with Crippen LogP contribution in [0.25, 0.3) is 0 Å². The van der Waals surface area contributed by atoms with Crippen LogP contribution in [0.2, 0.25) is 0 Å². The maximum absolute atomic E-state index is 12.8. The number of nitrogens with one attached hydrogen (secondary N) is 2. The van der Waals surface area contributed by atoms with Crippen molar-refractivity contribution in [2.45, 2.75) is 0 Å². The lowest BCUT2D eigenvalue weighted by Gasteiger charge is -2.01. The van der Waals surface area contributed by atoms with E-state index in [-0.39, 0.29) is 11.6 Å². The van der Waals surface area contributed by atoms with Crippen LogP contribution in [0.1, 0.15) is 20.8 Å². The van der Waals surface area contributed by atoms with Crippen molar-refractivity contribution in [3.8, 4) is 0 Å². The lowest BCUT2D eigenvalue weighted by Crippen LogP contribution is -2.29. The zero-order chi connectivity index (χ0) is 15.2. The molecule has 0 saturated carbocycles. The predicted molar refractivity (Wildman–Crippen MR) is 77.9 cm³/mol. The van der Waals surface area contributed by atoms with E-state index in [1.165, 1.54) is 29.6 Å². The maximum Gasteiger partial charge on any atom is 0.270 e. The van der Waals surface area contributed by atoms with E-state index in [0.29, 0.717) is 23.8 Å². The van der Waals surface area contributed by atoms with Crippen molar-refractivity contribution in [1.82, 2.24) is 10.3 Å². The van der Waals surface area contributed by atoms with Gasteiger partial charge in [-0.15, -0.1) is 11.3 Å². The number of aromatic nitrogens is 1. The van der Waals surface area contributed by atoms with Gasteiger partial charge in [-0.2, -0.15) is 0 Å². The molecule has 1 aromatic heterocycles. The number of amides is 2.